The number of aryl methyl sites for hydroxylation is 3. The minimum absolute atomic E-state index is 0.0576. The molecule has 1 atom stereocenters. The lowest BCUT2D eigenvalue weighted by Crippen LogP contribution is -2.41. The molecule has 0 saturated carbocycles. The van der Waals surface area contributed by atoms with Gasteiger partial charge >= 0.3 is 0 Å². The summed E-state index contributed by atoms with van der Waals surface area (Å²) in [7, 11) is 0. The first kappa shape index (κ1) is 20.1. The van der Waals surface area contributed by atoms with Gasteiger partial charge in [-0.05, 0) is 75.1 Å². The first-order chi connectivity index (χ1) is 14.5. The average Bonchev–Trinajstić information content (AvgIpc) is 2.73. The summed E-state index contributed by atoms with van der Waals surface area (Å²) < 4.78 is 0. The molecule has 1 aromatic heterocycles. The molecule has 3 aromatic rings. The van der Waals surface area contributed by atoms with E-state index in [1.165, 1.54) is 5.56 Å². The van der Waals surface area contributed by atoms with Gasteiger partial charge in [0.25, 0.3) is 0 Å². The monoisotopic (exact) mass is 400 g/mol. The Kier molecular flexibility index (Phi) is 5.79. The molecule has 154 valence electrons. The Labute approximate surface area is 178 Å². The van der Waals surface area contributed by atoms with Gasteiger partial charge in [0, 0.05) is 24.3 Å². The van der Waals surface area contributed by atoms with E-state index < -0.39 is 0 Å². The summed E-state index contributed by atoms with van der Waals surface area (Å²) in [4.78, 5) is 15.0. The molecule has 1 fully saturated rings. The van der Waals surface area contributed by atoms with Crippen LogP contribution >= 0.6 is 0 Å². The maximum Gasteiger partial charge on any atom is 0.229 e. The van der Waals surface area contributed by atoms with Gasteiger partial charge in [-0.15, -0.1) is 10.2 Å². The third kappa shape index (κ3) is 4.67. The molecule has 1 aliphatic rings. The van der Waals surface area contributed by atoms with Crippen molar-refractivity contribution in [1.29, 1.82) is 0 Å². The van der Waals surface area contributed by atoms with E-state index in [0.29, 0.717) is 6.54 Å². The number of amides is 1. The third-order valence-electron chi connectivity index (χ3n) is 5.57. The minimum Gasteiger partial charge on any atom is -0.354 e. The Morgan fingerprint density at radius 2 is 1.77 bits per heavy atom. The molecule has 2 heterocycles. The van der Waals surface area contributed by atoms with Gasteiger partial charge in [-0.1, -0.05) is 29.8 Å². The first-order valence-corrected chi connectivity index (χ1v) is 10.5. The van der Waals surface area contributed by atoms with Crippen LogP contribution in [0.25, 0.3) is 11.3 Å². The molecule has 4 rings (SSSR count). The lowest BCUT2D eigenvalue weighted by molar-refractivity contribution is -0.120. The smallest absolute Gasteiger partial charge is 0.229 e. The van der Waals surface area contributed by atoms with Crippen molar-refractivity contribution < 1.29 is 4.79 Å². The SMILES string of the molecule is Cc1cc(C)cc(NC(=O)C2CCCN(c3ccc(-c4cccc(C)c4)nn3)C2)c1. The predicted molar refractivity (Wildman–Crippen MR) is 122 cm³/mol. The number of piperidine rings is 1. The zero-order valence-electron chi connectivity index (χ0n) is 17.9. The molecule has 1 aliphatic heterocycles. The summed E-state index contributed by atoms with van der Waals surface area (Å²) in [6, 6.07) is 18.4. The number of hydrogen-bond donors (Lipinski definition) is 1. The largest absolute Gasteiger partial charge is 0.354 e. The summed E-state index contributed by atoms with van der Waals surface area (Å²) in [6.07, 6.45) is 1.86. The molecule has 5 heteroatoms. The Morgan fingerprint density at radius 1 is 0.967 bits per heavy atom. The number of nitrogens with one attached hydrogen (secondary N) is 1. The molecule has 0 aliphatic carbocycles. The topological polar surface area (TPSA) is 58.1 Å². The number of carbonyl (C=O) groups excluding carboxylic acids is 1. The Bertz CT molecular complexity index is 1030. The standard InChI is InChI=1S/C25H28N4O/c1-17-6-4-7-20(13-17)23-9-10-24(28-27-23)29-11-5-8-21(16-29)25(30)26-22-14-18(2)12-19(3)15-22/h4,6-7,9-10,12-15,21H,5,8,11,16H2,1-3H3,(H,26,30). The van der Waals surface area contributed by atoms with Crippen LogP contribution in [-0.4, -0.2) is 29.2 Å². The van der Waals surface area contributed by atoms with Crippen molar-refractivity contribution >= 4 is 17.4 Å². The highest BCUT2D eigenvalue weighted by molar-refractivity contribution is 5.93. The maximum absolute atomic E-state index is 12.9. The molecule has 30 heavy (non-hydrogen) atoms. The van der Waals surface area contributed by atoms with E-state index in [1.807, 2.05) is 50.2 Å². The highest BCUT2D eigenvalue weighted by atomic mass is 16.1. The fourth-order valence-corrected chi connectivity index (χ4v) is 4.14. The zero-order valence-corrected chi connectivity index (χ0v) is 17.9. The molecular weight excluding hydrogens is 372 g/mol. The number of hydrogen-bond acceptors (Lipinski definition) is 4. The van der Waals surface area contributed by atoms with E-state index in [-0.39, 0.29) is 11.8 Å². The predicted octanol–water partition coefficient (Wildman–Crippen LogP) is 4.92. The van der Waals surface area contributed by atoms with Crippen molar-refractivity contribution in [2.45, 2.75) is 33.6 Å². The van der Waals surface area contributed by atoms with Crippen molar-refractivity contribution in [2.24, 2.45) is 5.92 Å². The lowest BCUT2D eigenvalue weighted by Gasteiger charge is -2.32. The number of benzene rings is 2. The molecule has 1 unspecified atom stereocenters. The van der Waals surface area contributed by atoms with Crippen LogP contribution in [0.5, 0.6) is 0 Å². The second-order valence-electron chi connectivity index (χ2n) is 8.30. The van der Waals surface area contributed by atoms with Crippen molar-refractivity contribution in [2.75, 3.05) is 23.3 Å². The van der Waals surface area contributed by atoms with E-state index in [4.69, 9.17) is 0 Å². The summed E-state index contributed by atoms with van der Waals surface area (Å²) >= 11 is 0. The molecule has 5 nitrogen and oxygen atoms in total. The molecule has 1 saturated heterocycles. The maximum atomic E-state index is 12.9. The van der Waals surface area contributed by atoms with E-state index in [9.17, 15) is 4.79 Å². The van der Waals surface area contributed by atoms with Gasteiger partial charge in [-0.2, -0.15) is 0 Å². The highest BCUT2D eigenvalue weighted by Gasteiger charge is 2.27. The Morgan fingerprint density at radius 3 is 2.47 bits per heavy atom. The van der Waals surface area contributed by atoms with Crippen LogP contribution in [0.2, 0.25) is 0 Å². The molecule has 1 amide bonds. The Balaban J connectivity index is 1.44. The van der Waals surface area contributed by atoms with Crippen molar-refractivity contribution in [3.63, 3.8) is 0 Å². The number of aromatic nitrogens is 2. The van der Waals surface area contributed by atoms with Crippen LogP contribution in [0.4, 0.5) is 11.5 Å². The third-order valence-corrected chi connectivity index (χ3v) is 5.57. The van der Waals surface area contributed by atoms with Gasteiger partial charge in [0.05, 0.1) is 11.6 Å². The number of carbonyl (C=O) groups is 1. The lowest BCUT2D eigenvalue weighted by atomic mass is 9.97. The van der Waals surface area contributed by atoms with E-state index in [2.05, 4.69) is 45.5 Å². The van der Waals surface area contributed by atoms with Gasteiger partial charge < -0.3 is 10.2 Å². The van der Waals surface area contributed by atoms with Gasteiger partial charge in [0.15, 0.2) is 5.82 Å². The number of rotatable bonds is 4. The van der Waals surface area contributed by atoms with Crippen LogP contribution in [-0.2, 0) is 4.79 Å². The van der Waals surface area contributed by atoms with Gasteiger partial charge in [0.1, 0.15) is 0 Å². The van der Waals surface area contributed by atoms with Crippen molar-refractivity contribution in [3.8, 4) is 11.3 Å². The fourth-order valence-electron chi connectivity index (χ4n) is 4.14. The highest BCUT2D eigenvalue weighted by Crippen LogP contribution is 2.25. The van der Waals surface area contributed by atoms with Gasteiger partial charge in [0.2, 0.25) is 5.91 Å². The second kappa shape index (κ2) is 8.66. The average molecular weight is 401 g/mol. The Hall–Kier alpha value is -3.21. The first-order valence-electron chi connectivity index (χ1n) is 10.5. The van der Waals surface area contributed by atoms with Gasteiger partial charge in [-0.25, -0.2) is 0 Å². The second-order valence-corrected chi connectivity index (χ2v) is 8.30. The summed E-state index contributed by atoms with van der Waals surface area (Å²) in [5.41, 5.74) is 6.31. The van der Waals surface area contributed by atoms with Gasteiger partial charge in [-0.3, -0.25) is 4.79 Å². The van der Waals surface area contributed by atoms with Crippen LogP contribution in [0.15, 0.2) is 54.6 Å². The number of nitrogens with zero attached hydrogens (tertiary/aromatic N) is 3. The summed E-state index contributed by atoms with van der Waals surface area (Å²) in [5, 5.41) is 12.0. The molecule has 0 bridgehead atoms. The normalized spacial score (nSPS) is 16.4. The fraction of sp³-hybridized carbons (Fsp3) is 0.320. The zero-order chi connectivity index (χ0) is 21.1. The minimum atomic E-state index is -0.0576. The molecule has 2 aromatic carbocycles. The summed E-state index contributed by atoms with van der Waals surface area (Å²) in [5.74, 6) is 0.849. The van der Waals surface area contributed by atoms with Crippen molar-refractivity contribution in [1.82, 2.24) is 10.2 Å². The van der Waals surface area contributed by atoms with Crippen LogP contribution in [0.3, 0.4) is 0 Å². The number of anilines is 2. The van der Waals surface area contributed by atoms with E-state index >= 15 is 0 Å². The molecule has 0 spiro atoms. The van der Waals surface area contributed by atoms with Crippen LogP contribution < -0.4 is 10.2 Å². The van der Waals surface area contributed by atoms with Crippen LogP contribution in [0, 0.1) is 26.7 Å². The summed E-state index contributed by atoms with van der Waals surface area (Å²) in [6.45, 7) is 7.72. The van der Waals surface area contributed by atoms with E-state index in [0.717, 1.165) is 53.3 Å². The molecular formula is C25H28N4O. The molecule has 0 radical (unpaired) electrons. The van der Waals surface area contributed by atoms with E-state index in [1.54, 1.807) is 0 Å². The molecule has 1 N–H and O–H groups in total. The quantitative estimate of drug-likeness (QED) is 0.675. The van der Waals surface area contributed by atoms with Crippen molar-refractivity contribution in [3.05, 3.63) is 71.3 Å². The van der Waals surface area contributed by atoms with Crippen LogP contribution in [0.1, 0.15) is 29.5 Å².